The molecule has 0 saturated carbocycles. The molecule has 1 aromatic heterocycles. The SMILES string of the molecule is COC(=O)c1ccccc1NC(=O)c1cnc(Nc2ccccc2C)cn1. The van der Waals surface area contributed by atoms with Crippen LogP contribution in [0, 0.1) is 6.92 Å². The van der Waals surface area contributed by atoms with E-state index in [4.69, 9.17) is 4.74 Å². The zero-order chi connectivity index (χ0) is 19.2. The van der Waals surface area contributed by atoms with E-state index < -0.39 is 11.9 Å². The predicted octanol–water partition coefficient (Wildman–Crippen LogP) is 3.57. The van der Waals surface area contributed by atoms with Gasteiger partial charge in [0.25, 0.3) is 5.91 Å². The lowest BCUT2D eigenvalue weighted by molar-refractivity contribution is 0.0602. The van der Waals surface area contributed by atoms with Gasteiger partial charge in [-0.15, -0.1) is 0 Å². The standard InChI is InChI=1S/C20H18N4O3/c1-13-7-3-5-9-15(13)23-18-12-21-17(11-22-18)19(25)24-16-10-6-4-8-14(16)20(26)27-2/h3-12H,1-2H3,(H,22,23)(H,24,25). The summed E-state index contributed by atoms with van der Waals surface area (Å²) in [6, 6.07) is 14.4. The molecule has 27 heavy (non-hydrogen) atoms. The Bertz CT molecular complexity index is 971. The number of nitrogens with zero attached hydrogens (tertiary/aromatic N) is 2. The number of hydrogen-bond donors (Lipinski definition) is 2. The van der Waals surface area contributed by atoms with E-state index in [1.165, 1.54) is 19.5 Å². The molecular weight excluding hydrogens is 344 g/mol. The summed E-state index contributed by atoms with van der Waals surface area (Å²) >= 11 is 0. The topological polar surface area (TPSA) is 93.2 Å². The lowest BCUT2D eigenvalue weighted by Gasteiger charge is -2.10. The molecule has 3 aromatic rings. The van der Waals surface area contributed by atoms with Crippen LogP contribution in [0.2, 0.25) is 0 Å². The van der Waals surface area contributed by atoms with Gasteiger partial charge in [0.05, 0.1) is 30.8 Å². The van der Waals surface area contributed by atoms with E-state index >= 15 is 0 Å². The van der Waals surface area contributed by atoms with Crippen molar-refractivity contribution >= 4 is 29.1 Å². The summed E-state index contributed by atoms with van der Waals surface area (Å²) in [6.07, 6.45) is 2.85. The van der Waals surface area contributed by atoms with E-state index in [0.29, 0.717) is 11.5 Å². The van der Waals surface area contributed by atoms with Crippen LogP contribution in [0.4, 0.5) is 17.2 Å². The molecule has 1 amide bonds. The minimum absolute atomic E-state index is 0.130. The average molecular weight is 362 g/mol. The molecule has 0 aliphatic rings. The third-order valence-electron chi connectivity index (χ3n) is 3.87. The number of aryl methyl sites for hydroxylation is 1. The van der Waals surface area contributed by atoms with Crippen molar-refractivity contribution in [2.24, 2.45) is 0 Å². The molecule has 0 aliphatic carbocycles. The van der Waals surface area contributed by atoms with E-state index in [0.717, 1.165) is 11.3 Å². The Morgan fingerprint density at radius 3 is 2.30 bits per heavy atom. The first-order valence-electron chi connectivity index (χ1n) is 8.22. The smallest absolute Gasteiger partial charge is 0.339 e. The monoisotopic (exact) mass is 362 g/mol. The van der Waals surface area contributed by atoms with Gasteiger partial charge in [-0.2, -0.15) is 0 Å². The number of carbonyl (C=O) groups is 2. The molecule has 2 aromatic carbocycles. The number of benzene rings is 2. The maximum absolute atomic E-state index is 12.4. The highest BCUT2D eigenvalue weighted by molar-refractivity contribution is 6.06. The Labute approximate surface area is 156 Å². The van der Waals surface area contributed by atoms with E-state index in [9.17, 15) is 9.59 Å². The second-order valence-electron chi connectivity index (χ2n) is 5.72. The van der Waals surface area contributed by atoms with Gasteiger partial charge >= 0.3 is 5.97 Å². The number of methoxy groups -OCH3 is 1. The summed E-state index contributed by atoms with van der Waals surface area (Å²) in [7, 11) is 1.28. The lowest BCUT2D eigenvalue weighted by atomic mass is 10.1. The highest BCUT2D eigenvalue weighted by Crippen LogP contribution is 2.19. The van der Waals surface area contributed by atoms with Gasteiger partial charge in [-0.3, -0.25) is 4.79 Å². The Kier molecular flexibility index (Phi) is 5.41. The van der Waals surface area contributed by atoms with Gasteiger partial charge in [0.1, 0.15) is 11.5 Å². The van der Waals surface area contributed by atoms with Crippen molar-refractivity contribution < 1.29 is 14.3 Å². The van der Waals surface area contributed by atoms with Gasteiger partial charge in [0, 0.05) is 5.69 Å². The fourth-order valence-corrected chi connectivity index (χ4v) is 2.43. The van der Waals surface area contributed by atoms with Gasteiger partial charge in [0.15, 0.2) is 0 Å². The maximum atomic E-state index is 12.4. The van der Waals surface area contributed by atoms with Gasteiger partial charge in [0.2, 0.25) is 0 Å². The highest BCUT2D eigenvalue weighted by Gasteiger charge is 2.15. The van der Waals surface area contributed by atoms with Crippen molar-refractivity contribution in [1.82, 2.24) is 9.97 Å². The molecule has 0 unspecified atom stereocenters. The van der Waals surface area contributed by atoms with Crippen LogP contribution < -0.4 is 10.6 Å². The van der Waals surface area contributed by atoms with Crippen molar-refractivity contribution in [3.8, 4) is 0 Å². The number of esters is 1. The first-order chi connectivity index (χ1) is 13.1. The number of anilines is 3. The highest BCUT2D eigenvalue weighted by atomic mass is 16.5. The lowest BCUT2D eigenvalue weighted by Crippen LogP contribution is -2.17. The Hall–Kier alpha value is -3.74. The van der Waals surface area contributed by atoms with Crippen LogP contribution in [0.25, 0.3) is 0 Å². The Balaban J connectivity index is 1.73. The number of carbonyl (C=O) groups excluding carboxylic acids is 2. The number of nitrogens with one attached hydrogen (secondary N) is 2. The van der Waals surface area contributed by atoms with Gasteiger partial charge < -0.3 is 15.4 Å². The summed E-state index contributed by atoms with van der Waals surface area (Å²) in [4.78, 5) is 32.6. The molecule has 0 aliphatic heterocycles. The number of amides is 1. The van der Waals surface area contributed by atoms with Gasteiger partial charge in [-0.05, 0) is 30.7 Å². The molecule has 136 valence electrons. The maximum Gasteiger partial charge on any atom is 0.339 e. The van der Waals surface area contributed by atoms with Gasteiger partial charge in [-0.1, -0.05) is 30.3 Å². The average Bonchev–Trinajstić information content (AvgIpc) is 2.70. The second kappa shape index (κ2) is 8.09. The molecule has 0 atom stereocenters. The number of ether oxygens (including phenoxy) is 1. The Morgan fingerprint density at radius 2 is 1.63 bits per heavy atom. The largest absolute Gasteiger partial charge is 0.465 e. The summed E-state index contributed by atoms with van der Waals surface area (Å²) in [5.41, 5.74) is 2.72. The summed E-state index contributed by atoms with van der Waals surface area (Å²) < 4.78 is 4.72. The molecule has 3 rings (SSSR count). The van der Waals surface area contributed by atoms with Crippen LogP contribution in [0.3, 0.4) is 0 Å². The molecule has 0 saturated heterocycles. The number of rotatable bonds is 5. The van der Waals surface area contributed by atoms with Crippen LogP contribution >= 0.6 is 0 Å². The molecule has 7 nitrogen and oxygen atoms in total. The zero-order valence-electron chi connectivity index (χ0n) is 14.9. The molecule has 0 bridgehead atoms. The number of para-hydroxylation sites is 2. The molecule has 2 N–H and O–H groups in total. The van der Waals surface area contributed by atoms with Crippen molar-refractivity contribution in [3.05, 3.63) is 77.7 Å². The Morgan fingerprint density at radius 1 is 0.926 bits per heavy atom. The minimum Gasteiger partial charge on any atom is -0.465 e. The van der Waals surface area contributed by atoms with E-state index in [2.05, 4.69) is 20.6 Å². The zero-order valence-corrected chi connectivity index (χ0v) is 14.9. The van der Waals surface area contributed by atoms with Crippen LogP contribution in [-0.4, -0.2) is 29.0 Å². The van der Waals surface area contributed by atoms with Crippen molar-refractivity contribution in [1.29, 1.82) is 0 Å². The van der Waals surface area contributed by atoms with Crippen LogP contribution in [0.5, 0.6) is 0 Å². The second-order valence-corrected chi connectivity index (χ2v) is 5.72. The van der Waals surface area contributed by atoms with E-state index in [-0.39, 0.29) is 11.3 Å². The van der Waals surface area contributed by atoms with Crippen molar-refractivity contribution in [2.75, 3.05) is 17.7 Å². The van der Waals surface area contributed by atoms with Crippen LogP contribution in [0.1, 0.15) is 26.4 Å². The van der Waals surface area contributed by atoms with Crippen LogP contribution in [-0.2, 0) is 4.74 Å². The van der Waals surface area contributed by atoms with Gasteiger partial charge in [-0.25, -0.2) is 14.8 Å². The quantitative estimate of drug-likeness (QED) is 0.674. The summed E-state index contributed by atoms with van der Waals surface area (Å²) in [6.45, 7) is 1.98. The molecule has 0 fully saturated rings. The third kappa shape index (κ3) is 4.27. The third-order valence-corrected chi connectivity index (χ3v) is 3.87. The summed E-state index contributed by atoms with van der Waals surface area (Å²) in [5, 5.41) is 5.81. The summed E-state index contributed by atoms with van der Waals surface area (Å²) in [5.74, 6) is -0.480. The first kappa shape index (κ1) is 18.1. The fraction of sp³-hybridized carbons (Fsp3) is 0.100. The van der Waals surface area contributed by atoms with Crippen molar-refractivity contribution in [2.45, 2.75) is 6.92 Å². The molecule has 7 heteroatoms. The number of aromatic nitrogens is 2. The number of hydrogen-bond acceptors (Lipinski definition) is 6. The molecule has 0 spiro atoms. The van der Waals surface area contributed by atoms with Crippen LogP contribution in [0.15, 0.2) is 60.9 Å². The normalized spacial score (nSPS) is 10.1. The molecule has 0 radical (unpaired) electrons. The van der Waals surface area contributed by atoms with E-state index in [1.807, 2.05) is 31.2 Å². The van der Waals surface area contributed by atoms with E-state index in [1.54, 1.807) is 24.3 Å². The molecule has 1 heterocycles. The predicted molar refractivity (Wildman–Crippen MR) is 102 cm³/mol. The van der Waals surface area contributed by atoms with Crippen molar-refractivity contribution in [3.63, 3.8) is 0 Å². The first-order valence-corrected chi connectivity index (χ1v) is 8.22. The molecular formula is C20H18N4O3. The fourth-order valence-electron chi connectivity index (χ4n) is 2.43. The minimum atomic E-state index is -0.533.